The summed E-state index contributed by atoms with van der Waals surface area (Å²) >= 11 is 4.62. The Morgan fingerprint density at radius 1 is 1.13 bits per heavy atom. The number of allylic oxidation sites excluding steroid dienone is 3. The van der Waals surface area contributed by atoms with Gasteiger partial charge < -0.3 is 42.0 Å². The third-order valence-electron chi connectivity index (χ3n) is 9.54. The fourth-order valence-corrected chi connectivity index (χ4v) is 7.20. The number of thiol groups is 1. The average molecular weight is 640 g/mol. The lowest BCUT2D eigenvalue weighted by Gasteiger charge is -2.27. The average Bonchev–Trinajstić information content (AvgIpc) is 3.57. The van der Waals surface area contributed by atoms with Crippen molar-refractivity contribution >= 4 is 36.6 Å². The molecule has 9 N–H and O–H groups in total. The van der Waals surface area contributed by atoms with Crippen molar-refractivity contribution in [1.29, 1.82) is 0 Å². The first-order valence-corrected chi connectivity index (χ1v) is 15.8. The van der Waals surface area contributed by atoms with Gasteiger partial charge in [0, 0.05) is 76.7 Å². The van der Waals surface area contributed by atoms with Crippen LogP contribution in [-0.2, 0) is 27.2 Å². The molecule has 6 atom stereocenters. The number of carbonyl (C=O) groups excluding carboxylic acids is 1. The van der Waals surface area contributed by atoms with E-state index < -0.39 is 17.6 Å². The highest BCUT2D eigenvalue weighted by molar-refractivity contribution is 7.80. The van der Waals surface area contributed by atoms with Gasteiger partial charge in [-0.15, -0.1) is 0 Å². The molecule has 244 valence electrons. The van der Waals surface area contributed by atoms with Crippen LogP contribution in [0.25, 0.3) is 6.08 Å². The maximum absolute atomic E-state index is 12.6. The number of nitrogens with two attached hydrogens (primary N) is 1. The molecule has 0 radical (unpaired) electrons. The maximum atomic E-state index is 12.6. The third kappa shape index (κ3) is 6.86. The van der Waals surface area contributed by atoms with Gasteiger partial charge >= 0.3 is 11.9 Å². The summed E-state index contributed by atoms with van der Waals surface area (Å²) in [5, 5.41) is 38.7. The second-order valence-corrected chi connectivity index (χ2v) is 13.3. The maximum Gasteiger partial charge on any atom is 0.303 e. The minimum absolute atomic E-state index is 0.00710. The first-order chi connectivity index (χ1) is 21.1. The quantitative estimate of drug-likeness (QED) is 0.153. The lowest BCUT2D eigenvalue weighted by Crippen LogP contribution is -2.49. The highest BCUT2D eigenvalue weighted by Crippen LogP contribution is 2.39. The summed E-state index contributed by atoms with van der Waals surface area (Å²) in [5.74, 6) is -2.32. The lowest BCUT2D eigenvalue weighted by molar-refractivity contribution is -0.138. The summed E-state index contributed by atoms with van der Waals surface area (Å²) in [6, 6.07) is -0.101. The second kappa shape index (κ2) is 13.2. The fourth-order valence-electron chi connectivity index (χ4n) is 6.78. The number of H-pyrrole nitrogens is 1. The van der Waals surface area contributed by atoms with Crippen LogP contribution in [0.1, 0.15) is 69.5 Å². The highest BCUT2D eigenvalue weighted by atomic mass is 32.1. The van der Waals surface area contributed by atoms with Gasteiger partial charge in [-0.1, -0.05) is 33.4 Å². The van der Waals surface area contributed by atoms with E-state index in [0.717, 1.165) is 33.5 Å². The molecule has 12 heteroatoms. The normalized spacial score (nSPS) is 28.9. The van der Waals surface area contributed by atoms with Gasteiger partial charge in [-0.05, 0) is 61.1 Å². The van der Waals surface area contributed by atoms with Crippen LogP contribution in [0.5, 0.6) is 0 Å². The summed E-state index contributed by atoms with van der Waals surface area (Å²) in [4.78, 5) is 39.3. The Bertz CT molecular complexity index is 1540. The molecule has 11 nitrogen and oxygen atoms in total. The minimum atomic E-state index is -1.22. The second-order valence-electron chi connectivity index (χ2n) is 12.5. The molecule has 4 heterocycles. The van der Waals surface area contributed by atoms with Crippen LogP contribution >= 0.6 is 12.6 Å². The van der Waals surface area contributed by atoms with Crippen molar-refractivity contribution < 1.29 is 29.7 Å². The van der Waals surface area contributed by atoms with Gasteiger partial charge in [-0.3, -0.25) is 14.4 Å². The van der Waals surface area contributed by atoms with E-state index in [1.165, 1.54) is 0 Å². The topological polar surface area (TPSA) is 190 Å². The van der Waals surface area contributed by atoms with E-state index in [-0.39, 0.29) is 66.5 Å². The Labute approximate surface area is 269 Å². The number of nitrogens with one attached hydrogen (secondary N) is 4. The van der Waals surface area contributed by atoms with Crippen LogP contribution in [-0.4, -0.2) is 55.1 Å². The summed E-state index contributed by atoms with van der Waals surface area (Å²) in [6.07, 6.45) is 6.16. The largest absolute Gasteiger partial charge is 0.495 e. The summed E-state index contributed by atoms with van der Waals surface area (Å²) < 4.78 is 0. The number of carboxylic acids is 2. The molecule has 4 rings (SSSR count). The molecular formula is C33H45N5O6S. The van der Waals surface area contributed by atoms with Crippen molar-refractivity contribution in [3.63, 3.8) is 0 Å². The van der Waals surface area contributed by atoms with Gasteiger partial charge in [0.1, 0.15) is 5.66 Å². The van der Waals surface area contributed by atoms with E-state index in [0.29, 0.717) is 23.5 Å². The molecule has 1 aromatic heterocycles. The molecular weight excluding hydrogens is 594 g/mol. The number of hydrogen-bond donors (Lipinski definition) is 9. The molecule has 0 bridgehead atoms. The zero-order valence-electron chi connectivity index (χ0n) is 26.5. The summed E-state index contributed by atoms with van der Waals surface area (Å²) in [6.45, 7) is 13.4. The lowest BCUT2D eigenvalue weighted by atomic mass is 9.89. The molecule has 0 spiro atoms. The molecule has 1 amide bonds. The van der Waals surface area contributed by atoms with Crippen molar-refractivity contribution in [1.82, 2.24) is 20.9 Å². The summed E-state index contributed by atoms with van der Waals surface area (Å²) in [7, 11) is 0. The molecule has 45 heavy (non-hydrogen) atoms. The van der Waals surface area contributed by atoms with E-state index in [9.17, 15) is 29.7 Å². The Morgan fingerprint density at radius 2 is 1.78 bits per heavy atom. The van der Waals surface area contributed by atoms with Crippen LogP contribution in [0.15, 0.2) is 52.7 Å². The highest BCUT2D eigenvalue weighted by Gasteiger charge is 2.42. The third-order valence-corrected chi connectivity index (χ3v) is 9.86. The first-order valence-electron chi connectivity index (χ1n) is 15.2. The van der Waals surface area contributed by atoms with Crippen molar-refractivity contribution in [3.05, 3.63) is 75.2 Å². The Morgan fingerprint density at radius 3 is 2.36 bits per heavy atom. The predicted molar refractivity (Wildman–Crippen MR) is 176 cm³/mol. The molecule has 1 fully saturated rings. The Balaban J connectivity index is 1.77. The van der Waals surface area contributed by atoms with Crippen molar-refractivity contribution in [3.8, 4) is 0 Å². The predicted octanol–water partition coefficient (Wildman–Crippen LogP) is 3.81. The molecule has 3 aliphatic heterocycles. The molecule has 0 aliphatic carbocycles. The number of aromatic amines is 1. The van der Waals surface area contributed by atoms with Gasteiger partial charge in [0.2, 0.25) is 5.91 Å². The molecule has 1 unspecified atom stereocenters. The molecule has 1 saturated heterocycles. The van der Waals surface area contributed by atoms with Crippen LogP contribution < -0.4 is 21.7 Å². The number of amides is 1. The number of rotatable bonds is 12. The van der Waals surface area contributed by atoms with Crippen LogP contribution in [0.2, 0.25) is 0 Å². The van der Waals surface area contributed by atoms with Crippen LogP contribution in [0.4, 0.5) is 0 Å². The number of carboxylic acid groups (broad SMARTS) is 2. The minimum Gasteiger partial charge on any atom is -0.495 e. The standard InChI is InChI=1S/C33H45N5O6S/c1-7-20-15(2)24(36-32(20)44)12-23-16(3)21(8-10-28(39)40)25(35-23)13-26-22(9-11-29(41)42)18(5)33(34,38-26)14-27-30(19(6)45)17(4)31(43)37-27/h7,13-15,17,19,24,30,35-36,38,44-45H,1,8-12,34H2,2-6H3,(H,37,43)(H,39,40)(H,41,42)/b26-13-,27-14-/t15?,17-,19+,24-,30+,33-/m1/s1. The number of aliphatic hydroxyl groups is 1. The van der Waals surface area contributed by atoms with E-state index in [1.807, 2.05) is 40.7 Å². The van der Waals surface area contributed by atoms with Gasteiger partial charge in [0.05, 0.1) is 0 Å². The van der Waals surface area contributed by atoms with Gasteiger partial charge in [0.15, 0.2) is 5.88 Å². The van der Waals surface area contributed by atoms with E-state index in [1.54, 1.807) is 12.2 Å². The zero-order chi connectivity index (χ0) is 33.4. The van der Waals surface area contributed by atoms with Crippen molar-refractivity contribution in [2.75, 3.05) is 0 Å². The van der Waals surface area contributed by atoms with Gasteiger partial charge in [-0.25, -0.2) is 0 Å². The summed E-state index contributed by atoms with van der Waals surface area (Å²) in [5.41, 5.74) is 12.6. The first kappa shape index (κ1) is 34.0. The van der Waals surface area contributed by atoms with Gasteiger partial charge in [-0.2, -0.15) is 12.6 Å². The van der Waals surface area contributed by atoms with E-state index >= 15 is 0 Å². The molecule has 0 aromatic carbocycles. The van der Waals surface area contributed by atoms with Crippen LogP contribution in [0.3, 0.4) is 0 Å². The zero-order valence-corrected chi connectivity index (χ0v) is 27.3. The molecule has 0 saturated carbocycles. The molecule has 1 aromatic rings. The van der Waals surface area contributed by atoms with Gasteiger partial charge in [0.25, 0.3) is 0 Å². The van der Waals surface area contributed by atoms with Crippen molar-refractivity contribution in [2.45, 2.75) is 83.7 Å². The number of hydrogen-bond acceptors (Lipinski definition) is 8. The SMILES string of the molecule is C=CC1=C(O)N[C@H](Cc2[nH]c(/C=C3\N[C@](N)(/C=C4\NC(=O)[C@H](C)[C@H]4[C@H](C)S)C(C)=C3CCC(=O)O)c(CCC(=O)O)c2C)C1C. The smallest absolute Gasteiger partial charge is 0.303 e. The number of carbonyl (C=O) groups is 3. The van der Waals surface area contributed by atoms with E-state index in [4.69, 9.17) is 5.73 Å². The number of aliphatic carboxylic acids is 2. The Kier molecular flexibility index (Phi) is 9.98. The van der Waals surface area contributed by atoms with Crippen LogP contribution in [0, 0.1) is 24.7 Å². The molecule has 3 aliphatic rings. The number of aliphatic hydroxyl groups excluding tert-OH is 1. The number of aromatic nitrogens is 1. The van der Waals surface area contributed by atoms with E-state index in [2.05, 4.69) is 40.1 Å². The fraction of sp³-hybridized carbons (Fsp3) is 0.485. The monoisotopic (exact) mass is 639 g/mol. The van der Waals surface area contributed by atoms with Crippen molar-refractivity contribution in [2.24, 2.45) is 23.5 Å². The Hall–Kier alpha value is -3.90.